The number of hydrogen-bond acceptors (Lipinski definition) is 3. The first-order valence-corrected chi connectivity index (χ1v) is 8.76. The molecule has 0 aromatic heterocycles. The van der Waals surface area contributed by atoms with Gasteiger partial charge >= 0.3 is 0 Å². The van der Waals surface area contributed by atoms with Gasteiger partial charge in [-0.2, -0.15) is 0 Å². The van der Waals surface area contributed by atoms with Crippen LogP contribution in [0.4, 0.5) is 5.69 Å². The van der Waals surface area contributed by atoms with Crippen LogP contribution in [0, 0.1) is 6.92 Å². The van der Waals surface area contributed by atoms with Gasteiger partial charge < -0.3 is 5.73 Å². The highest BCUT2D eigenvalue weighted by Gasteiger charge is 2.17. The minimum atomic E-state index is -3.57. The van der Waals surface area contributed by atoms with Gasteiger partial charge in [-0.15, -0.1) is 0 Å². The Kier molecular flexibility index (Phi) is 5.03. The lowest BCUT2D eigenvalue weighted by atomic mass is 10.1. The summed E-state index contributed by atoms with van der Waals surface area (Å²) < 4.78 is 27.6. The van der Waals surface area contributed by atoms with Gasteiger partial charge in [0.05, 0.1) is 4.90 Å². The van der Waals surface area contributed by atoms with E-state index in [1.165, 1.54) is 6.07 Å². The fourth-order valence-corrected chi connectivity index (χ4v) is 4.03. The fourth-order valence-electron chi connectivity index (χ4n) is 2.00. The number of rotatable bonds is 5. The van der Waals surface area contributed by atoms with E-state index in [0.29, 0.717) is 23.1 Å². The van der Waals surface area contributed by atoms with E-state index in [0.717, 1.165) is 11.1 Å². The number of halogens is 1. The maximum atomic E-state index is 12.3. The second kappa shape index (κ2) is 6.60. The molecule has 2 rings (SSSR count). The number of nitrogen functional groups attached to an aromatic ring is 1. The van der Waals surface area contributed by atoms with Crippen molar-refractivity contribution in [3.63, 3.8) is 0 Å². The maximum absolute atomic E-state index is 12.3. The van der Waals surface area contributed by atoms with Crippen LogP contribution in [-0.2, 0) is 16.4 Å². The topological polar surface area (TPSA) is 72.2 Å². The van der Waals surface area contributed by atoms with Crippen LogP contribution in [0.2, 0.25) is 0 Å². The quantitative estimate of drug-likeness (QED) is 0.796. The molecule has 0 aliphatic heterocycles. The normalized spacial score (nSPS) is 11.5. The number of hydrogen-bond donors (Lipinski definition) is 2. The molecule has 0 unspecified atom stereocenters. The predicted octanol–water partition coefficient (Wildman–Crippen LogP) is 2.86. The third-order valence-corrected chi connectivity index (χ3v) is 5.49. The monoisotopic (exact) mass is 368 g/mol. The summed E-state index contributed by atoms with van der Waals surface area (Å²) >= 11 is 3.24. The predicted molar refractivity (Wildman–Crippen MR) is 88.6 cm³/mol. The van der Waals surface area contributed by atoms with Crippen molar-refractivity contribution >= 4 is 31.6 Å². The van der Waals surface area contributed by atoms with Crippen LogP contribution in [-0.4, -0.2) is 15.0 Å². The number of anilines is 1. The third-order valence-electron chi connectivity index (χ3n) is 3.03. The average molecular weight is 369 g/mol. The summed E-state index contributed by atoms with van der Waals surface area (Å²) in [7, 11) is -3.57. The Morgan fingerprint density at radius 1 is 1.19 bits per heavy atom. The van der Waals surface area contributed by atoms with Crippen molar-refractivity contribution in [2.75, 3.05) is 12.3 Å². The van der Waals surface area contributed by atoms with E-state index in [1.807, 2.05) is 31.2 Å². The molecule has 0 saturated heterocycles. The van der Waals surface area contributed by atoms with Crippen LogP contribution < -0.4 is 10.5 Å². The van der Waals surface area contributed by atoms with Crippen molar-refractivity contribution in [1.82, 2.24) is 4.72 Å². The van der Waals surface area contributed by atoms with Crippen molar-refractivity contribution in [3.05, 3.63) is 58.1 Å². The summed E-state index contributed by atoms with van der Waals surface area (Å²) in [5.74, 6) is 0. The molecule has 0 spiro atoms. The minimum absolute atomic E-state index is 0.159. The molecule has 4 nitrogen and oxygen atoms in total. The summed E-state index contributed by atoms with van der Waals surface area (Å²) in [6, 6.07) is 12.7. The van der Waals surface area contributed by atoms with Crippen molar-refractivity contribution < 1.29 is 8.42 Å². The highest BCUT2D eigenvalue weighted by atomic mass is 79.9. The molecule has 0 fully saturated rings. The number of nitrogens with one attached hydrogen (secondary N) is 1. The van der Waals surface area contributed by atoms with Crippen molar-refractivity contribution in [2.24, 2.45) is 0 Å². The molecule has 2 aromatic rings. The lowest BCUT2D eigenvalue weighted by molar-refractivity contribution is 0.581. The summed E-state index contributed by atoms with van der Waals surface area (Å²) in [4.78, 5) is 0.159. The van der Waals surface area contributed by atoms with Crippen molar-refractivity contribution in [3.8, 4) is 0 Å². The van der Waals surface area contributed by atoms with Gasteiger partial charge in [0.1, 0.15) is 0 Å². The van der Waals surface area contributed by atoms with E-state index >= 15 is 0 Å². The lowest BCUT2D eigenvalue weighted by Gasteiger charge is -2.09. The first kappa shape index (κ1) is 16.0. The van der Waals surface area contributed by atoms with E-state index in [4.69, 9.17) is 5.73 Å². The number of aryl methyl sites for hydroxylation is 1. The average Bonchev–Trinajstić information content (AvgIpc) is 2.41. The van der Waals surface area contributed by atoms with Crippen LogP contribution in [0.3, 0.4) is 0 Å². The zero-order chi connectivity index (χ0) is 15.5. The van der Waals surface area contributed by atoms with Crippen molar-refractivity contribution in [1.29, 1.82) is 0 Å². The lowest BCUT2D eigenvalue weighted by Crippen LogP contribution is -2.26. The molecule has 0 saturated carbocycles. The van der Waals surface area contributed by atoms with E-state index in [9.17, 15) is 8.42 Å². The molecular weight excluding hydrogens is 352 g/mol. The van der Waals surface area contributed by atoms with Gasteiger partial charge in [-0.05, 0) is 53.0 Å². The number of sulfonamides is 1. The molecule has 0 aliphatic rings. The van der Waals surface area contributed by atoms with Gasteiger partial charge in [0.25, 0.3) is 0 Å². The number of benzene rings is 2. The molecule has 112 valence electrons. The van der Waals surface area contributed by atoms with Gasteiger partial charge in [-0.25, -0.2) is 13.1 Å². The molecule has 0 radical (unpaired) electrons. The molecule has 21 heavy (non-hydrogen) atoms. The maximum Gasteiger partial charge on any atom is 0.241 e. The summed E-state index contributed by atoms with van der Waals surface area (Å²) in [6.07, 6.45) is 0.640. The van der Waals surface area contributed by atoms with Crippen LogP contribution in [0.1, 0.15) is 11.1 Å². The van der Waals surface area contributed by atoms with E-state index < -0.39 is 10.0 Å². The Balaban J connectivity index is 2.06. The number of nitrogens with two attached hydrogens (primary N) is 1. The minimum Gasteiger partial charge on any atom is -0.399 e. The molecule has 2 aromatic carbocycles. The molecule has 0 heterocycles. The van der Waals surface area contributed by atoms with Gasteiger partial charge in [0, 0.05) is 16.7 Å². The highest BCUT2D eigenvalue weighted by Crippen LogP contribution is 2.23. The molecule has 0 bridgehead atoms. The van der Waals surface area contributed by atoms with Crippen molar-refractivity contribution in [2.45, 2.75) is 18.2 Å². The van der Waals surface area contributed by atoms with E-state index in [1.54, 1.807) is 12.1 Å². The third kappa shape index (κ3) is 4.30. The Morgan fingerprint density at radius 2 is 1.95 bits per heavy atom. The van der Waals surface area contributed by atoms with Crippen LogP contribution in [0.25, 0.3) is 0 Å². The molecule has 0 atom stereocenters. The zero-order valence-corrected chi connectivity index (χ0v) is 14.0. The van der Waals surface area contributed by atoms with Crippen LogP contribution in [0.15, 0.2) is 51.8 Å². The first-order valence-electron chi connectivity index (χ1n) is 6.49. The second-order valence-corrected chi connectivity index (χ2v) is 7.42. The van der Waals surface area contributed by atoms with Gasteiger partial charge in [0.2, 0.25) is 10.0 Å². The molecule has 3 N–H and O–H groups in total. The SMILES string of the molecule is Cc1cccc(CCNS(=O)(=O)c2cc(N)ccc2Br)c1. The summed E-state index contributed by atoms with van der Waals surface area (Å²) in [5.41, 5.74) is 8.32. The van der Waals surface area contributed by atoms with E-state index in [2.05, 4.69) is 20.7 Å². The highest BCUT2D eigenvalue weighted by molar-refractivity contribution is 9.10. The Morgan fingerprint density at radius 3 is 2.67 bits per heavy atom. The van der Waals surface area contributed by atoms with Gasteiger partial charge in [-0.3, -0.25) is 0 Å². The Hall–Kier alpha value is -1.37. The Labute approximate surface area is 133 Å². The molecule has 6 heteroatoms. The largest absolute Gasteiger partial charge is 0.399 e. The van der Waals surface area contributed by atoms with Crippen LogP contribution >= 0.6 is 15.9 Å². The Bertz CT molecular complexity index is 745. The van der Waals surface area contributed by atoms with Gasteiger partial charge in [0.15, 0.2) is 0 Å². The molecular formula is C15H17BrN2O2S. The molecule has 0 aliphatic carbocycles. The first-order chi connectivity index (χ1) is 9.88. The standard InChI is InChI=1S/C15H17BrN2O2S/c1-11-3-2-4-12(9-11)7-8-18-21(19,20)15-10-13(17)5-6-14(15)16/h2-6,9-10,18H,7-8,17H2,1H3. The fraction of sp³-hybridized carbons (Fsp3) is 0.200. The second-order valence-electron chi connectivity index (χ2n) is 4.83. The zero-order valence-electron chi connectivity index (χ0n) is 11.6. The summed E-state index contributed by atoms with van der Waals surface area (Å²) in [6.45, 7) is 2.35. The van der Waals surface area contributed by atoms with Crippen LogP contribution in [0.5, 0.6) is 0 Å². The smallest absolute Gasteiger partial charge is 0.241 e. The van der Waals surface area contributed by atoms with E-state index in [-0.39, 0.29) is 4.90 Å². The van der Waals surface area contributed by atoms with Gasteiger partial charge in [-0.1, -0.05) is 29.8 Å². The molecule has 0 amide bonds. The summed E-state index contributed by atoms with van der Waals surface area (Å²) in [5, 5.41) is 0.